The van der Waals surface area contributed by atoms with Crippen molar-refractivity contribution < 1.29 is 0 Å². The highest BCUT2D eigenvalue weighted by Crippen LogP contribution is 2.31. The van der Waals surface area contributed by atoms with Crippen molar-refractivity contribution in [1.29, 1.82) is 0 Å². The van der Waals surface area contributed by atoms with Crippen molar-refractivity contribution in [1.82, 2.24) is 15.2 Å². The van der Waals surface area contributed by atoms with E-state index in [9.17, 15) is 0 Å². The highest BCUT2D eigenvalue weighted by Gasteiger charge is 2.34. The molecule has 3 fully saturated rings. The van der Waals surface area contributed by atoms with Crippen LogP contribution in [0, 0.1) is 19.8 Å². The highest BCUT2D eigenvalue weighted by molar-refractivity contribution is 7.11. The van der Waals surface area contributed by atoms with E-state index in [-0.39, 0.29) is 0 Å². The Bertz CT molecular complexity index is 421. The van der Waals surface area contributed by atoms with Crippen LogP contribution in [0.4, 0.5) is 0 Å². The number of piperidine rings is 3. The molecule has 2 atom stereocenters. The van der Waals surface area contributed by atoms with Crippen molar-refractivity contribution >= 4 is 11.3 Å². The Labute approximate surface area is 114 Å². The maximum Gasteiger partial charge on any atom is 0.0900 e. The van der Waals surface area contributed by atoms with E-state index in [2.05, 4.69) is 36.0 Å². The molecule has 18 heavy (non-hydrogen) atoms. The lowest BCUT2D eigenvalue weighted by molar-refractivity contribution is 0.0682. The predicted molar refractivity (Wildman–Crippen MR) is 76.1 cm³/mol. The van der Waals surface area contributed by atoms with Crippen molar-refractivity contribution in [3.05, 3.63) is 15.6 Å². The molecule has 0 saturated carbocycles. The first-order valence-corrected chi connectivity index (χ1v) is 7.87. The third kappa shape index (κ3) is 2.33. The zero-order valence-corrected chi connectivity index (χ0v) is 12.4. The Morgan fingerprint density at radius 2 is 2.06 bits per heavy atom. The molecule has 4 heteroatoms. The Hall–Kier alpha value is -0.450. The van der Waals surface area contributed by atoms with Gasteiger partial charge in [0.05, 0.1) is 10.7 Å². The SMILES string of the molecule is Cc1nc(C)c(C(C)NC2CN3CCC2CC3)s1. The highest BCUT2D eigenvalue weighted by atomic mass is 32.1. The summed E-state index contributed by atoms with van der Waals surface area (Å²) < 4.78 is 0. The molecule has 0 amide bonds. The number of nitrogens with one attached hydrogen (secondary N) is 1. The summed E-state index contributed by atoms with van der Waals surface area (Å²) in [4.78, 5) is 8.57. The van der Waals surface area contributed by atoms with E-state index in [1.165, 1.54) is 48.1 Å². The number of rotatable bonds is 3. The van der Waals surface area contributed by atoms with Crippen molar-refractivity contribution in [3.8, 4) is 0 Å². The van der Waals surface area contributed by atoms with Crippen LogP contribution < -0.4 is 5.32 Å². The van der Waals surface area contributed by atoms with Crippen LogP contribution in [-0.4, -0.2) is 35.6 Å². The molecule has 3 aliphatic heterocycles. The summed E-state index contributed by atoms with van der Waals surface area (Å²) in [5.41, 5.74) is 1.21. The molecule has 0 aliphatic carbocycles. The van der Waals surface area contributed by atoms with Crippen molar-refractivity contribution in [2.24, 2.45) is 5.92 Å². The molecule has 0 radical (unpaired) electrons. The Morgan fingerprint density at radius 1 is 1.33 bits per heavy atom. The molecule has 4 rings (SSSR count). The number of fused-ring (bicyclic) bond motifs is 3. The standard InChI is InChI=1S/C14H23N3S/c1-9-14(18-11(3)15-9)10(2)16-13-8-17-6-4-12(13)5-7-17/h10,12-13,16H,4-8H2,1-3H3. The van der Waals surface area contributed by atoms with Crippen LogP contribution >= 0.6 is 11.3 Å². The second-order valence-corrected chi connectivity index (χ2v) is 7.05. The van der Waals surface area contributed by atoms with Gasteiger partial charge < -0.3 is 10.2 Å². The number of nitrogens with zero attached hydrogens (tertiary/aromatic N) is 2. The maximum atomic E-state index is 4.54. The van der Waals surface area contributed by atoms with Gasteiger partial charge >= 0.3 is 0 Å². The molecule has 1 aromatic heterocycles. The van der Waals surface area contributed by atoms with Crippen molar-refractivity contribution in [2.45, 2.75) is 45.7 Å². The van der Waals surface area contributed by atoms with Gasteiger partial charge in [0.1, 0.15) is 0 Å². The molecule has 100 valence electrons. The summed E-state index contributed by atoms with van der Waals surface area (Å²) in [6.45, 7) is 10.4. The van der Waals surface area contributed by atoms with Gasteiger partial charge in [-0.3, -0.25) is 0 Å². The second-order valence-electron chi connectivity index (χ2n) is 5.82. The van der Waals surface area contributed by atoms with E-state index in [1.807, 2.05) is 11.3 Å². The summed E-state index contributed by atoms with van der Waals surface area (Å²) >= 11 is 1.84. The molecule has 4 heterocycles. The van der Waals surface area contributed by atoms with E-state index >= 15 is 0 Å². The molecular weight excluding hydrogens is 242 g/mol. The summed E-state index contributed by atoms with van der Waals surface area (Å²) in [7, 11) is 0. The predicted octanol–water partition coefficient (Wildman–Crippen LogP) is 2.50. The smallest absolute Gasteiger partial charge is 0.0900 e. The van der Waals surface area contributed by atoms with E-state index in [1.54, 1.807) is 0 Å². The lowest BCUT2D eigenvalue weighted by Gasteiger charge is -2.46. The van der Waals surface area contributed by atoms with Gasteiger partial charge in [0.15, 0.2) is 0 Å². The van der Waals surface area contributed by atoms with Crippen molar-refractivity contribution in [3.63, 3.8) is 0 Å². The van der Waals surface area contributed by atoms with E-state index < -0.39 is 0 Å². The zero-order chi connectivity index (χ0) is 12.7. The third-order valence-corrected chi connectivity index (χ3v) is 5.71. The molecule has 2 bridgehead atoms. The summed E-state index contributed by atoms with van der Waals surface area (Å²) in [5, 5.41) is 5.03. The average molecular weight is 265 g/mol. The summed E-state index contributed by atoms with van der Waals surface area (Å²) in [6.07, 6.45) is 2.76. The van der Waals surface area contributed by atoms with Gasteiger partial charge in [-0.1, -0.05) is 0 Å². The number of aryl methyl sites for hydroxylation is 2. The number of hydrogen-bond acceptors (Lipinski definition) is 4. The monoisotopic (exact) mass is 265 g/mol. The molecule has 0 spiro atoms. The normalized spacial score (nSPS) is 32.7. The first-order valence-electron chi connectivity index (χ1n) is 7.06. The van der Waals surface area contributed by atoms with Gasteiger partial charge in [-0.15, -0.1) is 11.3 Å². The van der Waals surface area contributed by atoms with E-state index in [0.717, 1.165) is 5.92 Å². The quantitative estimate of drug-likeness (QED) is 0.910. The summed E-state index contributed by atoms with van der Waals surface area (Å²) in [6, 6.07) is 1.13. The molecule has 3 aliphatic rings. The average Bonchev–Trinajstić information content (AvgIpc) is 2.70. The Kier molecular flexibility index (Phi) is 3.43. The van der Waals surface area contributed by atoms with Gasteiger partial charge in [-0.25, -0.2) is 4.98 Å². The van der Waals surface area contributed by atoms with Crippen LogP contribution in [0.2, 0.25) is 0 Å². The van der Waals surface area contributed by atoms with Gasteiger partial charge in [0, 0.05) is 23.5 Å². The topological polar surface area (TPSA) is 28.2 Å². The molecule has 1 N–H and O–H groups in total. The van der Waals surface area contributed by atoms with Gasteiger partial charge in [0.2, 0.25) is 0 Å². The maximum absolute atomic E-state index is 4.54. The van der Waals surface area contributed by atoms with Crippen LogP contribution in [0.5, 0.6) is 0 Å². The minimum atomic E-state index is 0.446. The first kappa shape index (κ1) is 12.6. The lowest BCUT2D eigenvalue weighted by atomic mass is 9.83. The third-order valence-electron chi connectivity index (χ3n) is 4.45. The van der Waals surface area contributed by atoms with Crippen LogP contribution in [0.1, 0.15) is 41.4 Å². The molecule has 3 saturated heterocycles. The van der Waals surface area contributed by atoms with Crippen LogP contribution in [0.15, 0.2) is 0 Å². The fraction of sp³-hybridized carbons (Fsp3) is 0.786. The fourth-order valence-electron chi connectivity index (χ4n) is 3.50. The zero-order valence-electron chi connectivity index (χ0n) is 11.6. The molecule has 0 aromatic carbocycles. The second kappa shape index (κ2) is 4.91. The van der Waals surface area contributed by atoms with Gasteiger partial charge in [0.25, 0.3) is 0 Å². The molecular formula is C14H23N3S. The van der Waals surface area contributed by atoms with Crippen molar-refractivity contribution in [2.75, 3.05) is 19.6 Å². The van der Waals surface area contributed by atoms with Gasteiger partial charge in [-0.2, -0.15) is 0 Å². The number of hydrogen-bond donors (Lipinski definition) is 1. The Balaban J connectivity index is 1.67. The van der Waals surface area contributed by atoms with Gasteiger partial charge in [-0.05, 0) is 52.6 Å². The Morgan fingerprint density at radius 3 is 2.56 bits per heavy atom. The van der Waals surface area contributed by atoms with E-state index in [4.69, 9.17) is 0 Å². The van der Waals surface area contributed by atoms with Crippen LogP contribution in [-0.2, 0) is 0 Å². The minimum absolute atomic E-state index is 0.446. The molecule has 3 nitrogen and oxygen atoms in total. The first-order chi connectivity index (χ1) is 8.63. The summed E-state index contributed by atoms with van der Waals surface area (Å²) in [5.74, 6) is 0.895. The molecule has 1 aromatic rings. The fourth-order valence-corrected chi connectivity index (χ4v) is 4.44. The van der Waals surface area contributed by atoms with Crippen LogP contribution in [0.25, 0.3) is 0 Å². The molecule has 2 unspecified atom stereocenters. The minimum Gasteiger partial charge on any atom is -0.305 e. The number of thiazole rings is 1. The number of aromatic nitrogens is 1. The van der Waals surface area contributed by atoms with E-state index in [0.29, 0.717) is 12.1 Å². The largest absolute Gasteiger partial charge is 0.305 e. The lowest BCUT2D eigenvalue weighted by Crippen LogP contribution is -2.56. The van der Waals surface area contributed by atoms with Crippen LogP contribution in [0.3, 0.4) is 0 Å².